The summed E-state index contributed by atoms with van der Waals surface area (Å²) in [6.07, 6.45) is 0. The number of fused-ring (bicyclic) bond motifs is 9. The minimum absolute atomic E-state index is 0.573. The molecule has 0 unspecified atom stereocenters. The van der Waals surface area contributed by atoms with Gasteiger partial charge in [0.15, 0.2) is 17.5 Å². The topological polar surface area (TPSA) is 65.0 Å². The van der Waals surface area contributed by atoms with Crippen molar-refractivity contribution in [3.63, 3.8) is 0 Å². The molecule has 0 bridgehead atoms. The molecule has 0 aliphatic carbocycles. The van der Waals surface area contributed by atoms with Crippen LogP contribution >= 0.6 is 11.3 Å². The summed E-state index contributed by atoms with van der Waals surface area (Å²) in [7, 11) is 0. The monoisotopic (exact) mass is 671 g/mol. The molecule has 5 nitrogen and oxygen atoms in total. The van der Waals surface area contributed by atoms with Crippen LogP contribution in [0, 0.1) is 0 Å². The number of furan rings is 2. The van der Waals surface area contributed by atoms with Crippen molar-refractivity contribution >= 4 is 75.4 Å². The summed E-state index contributed by atoms with van der Waals surface area (Å²) in [6.45, 7) is 0. The number of para-hydroxylation sites is 4. The lowest BCUT2D eigenvalue weighted by atomic mass is 10.00. The van der Waals surface area contributed by atoms with E-state index in [1.165, 1.54) is 20.2 Å². The standard InChI is InChI=1S/C45H25N3O2S/c1-2-10-26(11-3-1)43-46-44(48-45(47-43)35-17-9-16-34-31-13-5-7-19-38(31)50-42(34)35)28-20-22-32-36-24-27(21-23-39(36)51-40(32)25-28)29-14-8-15-33-30-12-4-6-18-37(30)49-41(29)33/h1-25H. The second-order valence-corrected chi connectivity index (χ2v) is 13.8. The minimum atomic E-state index is 0.573. The number of hydrogen-bond donors (Lipinski definition) is 0. The average Bonchev–Trinajstić information content (AvgIpc) is 3.88. The van der Waals surface area contributed by atoms with Gasteiger partial charge in [0, 0.05) is 58.4 Å². The minimum Gasteiger partial charge on any atom is -0.455 e. The number of thiophene rings is 1. The molecule has 11 rings (SSSR count). The van der Waals surface area contributed by atoms with Gasteiger partial charge in [0.25, 0.3) is 0 Å². The van der Waals surface area contributed by atoms with Crippen LogP contribution < -0.4 is 0 Å². The molecule has 7 aromatic carbocycles. The normalized spacial score (nSPS) is 11.9. The molecule has 4 heterocycles. The van der Waals surface area contributed by atoms with Crippen LogP contribution in [0.15, 0.2) is 160 Å². The van der Waals surface area contributed by atoms with E-state index >= 15 is 0 Å². The maximum atomic E-state index is 6.40. The van der Waals surface area contributed by atoms with E-state index in [-0.39, 0.29) is 0 Å². The predicted octanol–water partition coefficient (Wildman–Crippen LogP) is 12.7. The first-order chi connectivity index (χ1) is 25.2. The summed E-state index contributed by atoms with van der Waals surface area (Å²) in [6, 6.07) is 52.2. The third-order valence-corrected chi connectivity index (χ3v) is 10.9. The highest BCUT2D eigenvalue weighted by atomic mass is 32.1. The molecule has 0 spiro atoms. The largest absolute Gasteiger partial charge is 0.455 e. The van der Waals surface area contributed by atoms with E-state index in [1.54, 1.807) is 11.3 Å². The number of nitrogens with zero attached hydrogens (tertiary/aromatic N) is 3. The van der Waals surface area contributed by atoms with Gasteiger partial charge in [-0.1, -0.05) is 115 Å². The molecule has 4 aromatic heterocycles. The van der Waals surface area contributed by atoms with Gasteiger partial charge in [0.1, 0.15) is 22.3 Å². The molecule has 0 atom stereocenters. The van der Waals surface area contributed by atoms with Gasteiger partial charge in [0.2, 0.25) is 0 Å². The summed E-state index contributed by atoms with van der Waals surface area (Å²) >= 11 is 1.78. The van der Waals surface area contributed by atoms with Crippen molar-refractivity contribution in [2.75, 3.05) is 0 Å². The second kappa shape index (κ2) is 10.9. The lowest BCUT2D eigenvalue weighted by Gasteiger charge is -2.09. The predicted molar refractivity (Wildman–Crippen MR) is 209 cm³/mol. The van der Waals surface area contributed by atoms with Gasteiger partial charge in [-0.2, -0.15) is 0 Å². The molecule has 0 saturated heterocycles. The maximum absolute atomic E-state index is 6.40. The third kappa shape index (κ3) is 4.43. The van der Waals surface area contributed by atoms with Crippen LogP contribution in [0.3, 0.4) is 0 Å². The Balaban J connectivity index is 1.06. The molecule has 0 aliphatic rings. The van der Waals surface area contributed by atoms with E-state index in [0.29, 0.717) is 17.5 Å². The number of benzene rings is 7. The van der Waals surface area contributed by atoms with Gasteiger partial charge in [-0.25, -0.2) is 15.0 Å². The Hall–Kier alpha value is -6.63. The van der Waals surface area contributed by atoms with Crippen LogP contribution in [0.25, 0.3) is 109 Å². The van der Waals surface area contributed by atoms with E-state index < -0.39 is 0 Å². The van der Waals surface area contributed by atoms with E-state index in [2.05, 4.69) is 78.9 Å². The summed E-state index contributed by atoms with van der Waals surface area (Å²) in [5, 5.41) is 6.78. The van der Waals surface area contributed by atoms with Crippen LogP contribution in [0.1, 0.15) is 0 Å². The van der Waals surface area contributed by atoms with Gasteiger partial charge >= 0.3 is 0 Å². The molecule has 6 heteroatoms. The van der Waals surface area contributed by atoms with Gasteiger partial charge in [-0.3, -0.25) is 0 Å². The Labute approximate surface area is 295 Å². The van der Waals surface area contributed by atoms with E-state index in [0.717, 1.165) is 71.7 Å². The van der Waals surface area contributed by atoms with Crippen molar-refractivity contribution < 1.29 is 8.83 Å². The highest BCUT2D eigenvalue weighted by molar-refractivity contribution is 7.25. The van der Waals surface area contributed by atoms with E-state index in [1.807, 2.05) is 72.8 Å². The maximum Gasteiger partial charge on any atom is 0.167 e. The molecular formula is C45H25N3O2S. The lowest BCUT2D eigenvalue weighted by Crippen LogP contribution is -2.00. The smallest absolute Gasteiger partial charge is 0.167 e. The number of aromatic nitrogens is 3. The third-order valence-electron chi connectivity index (χ3n) is 9.76. The Morgan fingerprint density at radius 2 is 0.941 bits per heavy atom. The first-order valence-electron chi connectivity index (χ1n) is 16.8. The zero-order chi connectivity index (χ0) is 33.5. The summed E-state index contributed by atoms with van der Waals surface area (Å²) in [5.41, 5.74) is 8.33. The molecule has 0 radical (unpaired) electrons. The Bertz CT molecular complexity index is 3160. The molecule has 0 fully saturated rings. The quantitative estimate of drug-likeness (QED) is 0.186. The van der Waals surface area contributed by atoms with Crippen LogP contribution in [0.5, 0.6) is 0 Å². The fourth-order valence-corrected chi connectivity index (χ4v) is 8.45. The fourth-order valence-electron chi connectivity index (χ4n) is 7.32. The van der Waals surface area contributed by atoms with Crippen molar-refractivity contribution in [2.24, 2.45) is 0 Å². The van der Waals surface area contributed by atoms with Crippen LogP contribution in [-0.2, 0) is 0 Å². The van der Waals surface area contributed by atoms with Gasteiger partial charge in [-0.15, -0.1) is 11.3 Å². The zero-order valence-corrected chi connectivity index (χ0v) is 27.8. The van der Waals surface area contributed by atoms with E-state index in [4.69, 9.17) is 23.8 Å². The second-order valence-electron chi connectivity index (χ2n) is 12.8. The molecule has 11 aromatic rings. The molecule has 51 heavy (non-hydrogen) atoms. The highest BCUT2D eigenvalue weighted by Crippen LogP contribution is 2.41. The molecule has 0 amide bonds. The van der Waals surface area contributed by atoms with Crippen LogP contribution in [0.2, 0.25) is 0 Å². The molecule has 0 N–H and O–H groups in total. The molecular weight excluding hydrogens is 647 g/mol. The summed E-state index contributed by atoms with van der Waals surface area (Å²) < 4.78 is 15.2. The molecule has 238 valence electrons. The van der Waals surface area contributed by atoms with Gasteiger partial charge < -0.3 is 8.83 Å². The van der Waals surface area contributed by atoms with Crippen molar-refractivity contribution in [2.45, 2.75) is 0 Å². The first-order valence-corrected chi connectivity index (χ1v) is 17.7. The van der Waals surface area contributed by atoms with Gasteiger partial charge in [0.05, 0.1) is 5.56 Å². The van der Waals surface area contributed by atoms with Crippen molar-refractivity contribution in [1.29, 1.82) is 0 Å². The van der Waals surface area contributed by atoms with E-state index in [9.17, 15) is 0 Å². The van der Waals surface area contributed by atoms with Crippen molar-refractivity contribution in [1.82, 2.24) is 15.0 Å². The Morgan fingerprint density at radius 1 is 0.353 bits per heavy atom. The zero-order valence-electron chi connectivity index (χ0n) is 27.0. The lowest BCUT2D eigenvalue weighted by molar-refractivity contribution is 0.669. The van der Waals surface area contributed by atoms with Crippen LogP contribution in [-0.4, -0.2) is 15.0 Å². The fraction of sp³-hybridized carbons (Fsp3) is 0. The average molecular weight is 672 g/mol. The number of hydrogen-bond acceptors (Lipinski definition) is 6. The van der Waals surface area contributed by atoms with Crippen molar-refractivity contribution in [3.8, 4) is 45.3 Å². The Morgan fingerprint density at radius 3 is 1.69 bits per heavy atom. The van der Waals surface area contributed by atoms with Crippen LogP contribution in [0.4, 0.5) is 0 Å². The molecule has 0 aliphatic heterocycles. The van der Waals surface area contributed by atoms with Gasteiger partial charge in [-0.05, 0) is 42.0 Å². The Kier molecular flexibility index (Phi) is 6.05. The SMILES string of the molecule is c1ccc(-c2nc(-c3ccc4c(c3)sc3ccc(-c5cccc6c5oc5ccccc56)cc34)nc(-c3cccc4c3oc3ccccc34)n2)cc1. The first kappa shape index (κ1) is 28.2. The summed E-state index contributed by atoms with van der Waals surface area (Å²) in [4.78, 5) is 15.1. The van der Waals surface area contributed by atoms with Crippen molar-refractivity contribution in [3.05, 3.63) is 152 Å². The molecule has 0 saturated carbocycles. The summed E-state index contributed by atoms with van der Waals surface area (Å²) in [5.74, 6) is 1.80. The highest BCUT2D eigenvalue weighted by Gasteiger charge is 2.19. The number of rotatable bonds is 4.